The topological polar surface area (TPSA) is 68.7 Å². The van der Waals surface area contributed by atoms with Crippen molar-refractivity contribution in [3.63, 3.8) is 0 Å². The molecule has 0 aliphatic carbocycles. The number of pyridine rings is 1. The molecule has 76 valence electrons. The van der Waals surface area contributed by atoms with E-state index in [1.807, 2.05) is 0 Å². The molecule has 1 aromatic heterocycles. The number of aromatic nitrogens is 1. The van der Waals surface area contributed by atoms with E-state index in [9.17, 15) is 4.79 Å². The zero-order valence-electron chi connectivity index (χ0n) is 7.57. The van der Waals surface area contributed by atoms with Crippen molar-refractivity contribution in [1.82, 2.24) is 4.98 Å². The van der Waals surface area contributed by atoms with Gasteiger partial charge in [0.25, 0.3) is 0 Å². The molecule has 0 bridgehead atoms. The molecule has 0 spiro atoms. The normalized spacial score (nSPS) is 9.64. The number of carboxylic acid groups (broad SMARTS) is 1. The van der Waals surface area contributed by atoms with Crippen LogP contribution in [0.15, 0.2) is 10.7 Å². The van der Waals surface area contributed by atoms with E-state index >= 15 is 0 Å². The number of hydrogen-bond acceptors (Lipinski definition) is 4. The quantitative estimate of drug-likeness (QED) is 0.837. The Labute approximate surface area is 88.8 Å². The van der Waals surface area contributed by atoms with Crippen LogP contribution in [0.3, 0.4) is 0 Å². The molecule has 14 heavy (non-hydrogen) atoms. The van der Waals surface area contributed by atoms with Gasteiger partial charge in [-0.1, -0.05) is 0 Å². The predicted octanol–water partition coefficient (Wildman–Crippen LogP) is 1.56. The molecule has 0 aromatic carbocycles. The summed E-state index contributed by atoms with van der Waals surface area (Å²) < 4.78 is 10.2. The van der Waals surface area contributed by atoms with Crippen molar-refractivity contribution in [2.24, 2.45) is 0 Å². The van der Waals surface area contributed by atoms with Crippen LogP contribution in [0.4, 0.5) is 0 Å². The van der Waals surface area contributed by atoms with Crippen LogP contribution in [0.2, 0.25) is 0 Å². The van der Waals surface area contributed by atoms with E-state index in [1.165, 1.54) is 20.3 Å². The van der Waals surface area contributed by atoms with Crippen molar-refractivity contribution in [3.05, 3.63) is 16.4 Å². The van der Waals surface area contributed by atoms with Gasteiger partial charge in [0.05, 0.1) is 14.2 Å². The van der Waals surface area contributed by atoms with E-state index in [4.69, 9.17) is 14.6 Å². The summed E-state index contributed by atoms with van der Waals surface area (Å²) in [7, 11) is 2.79. The van der Waals surface area contributed by atoms with Gasteiger partial charge < -0.3 is 14.6 Å². The Morgan fingerprint density at radius 3 is 2.57 bits per heavy atom. The molecule has 5 nitrogen and oxygen atoms in total. The number of carbonyl (C=O) groups is 1. The first-order chi connectivity index (χ1) is 6.60. The second-order valence-electron chi connectivity index (χ2n) is 2.33. The molecule has 0 unspecified atom stereocenters. The SMILES string of the molecule is COc1cc(Br)nc(C(=O)O)c1OC. The first-order valence-electron chi connectivity index (χ1n) is 3.62. The van der Waals surface area contributed by atoms with Crippen LogP contribution in [-0.2, 0) is 0 Å². The van der Waals surface area contributed by atoms with Crippen LogP contribution < -0.4 is 9.47 Å². The average molecular weight is 262 g/mol. The van der Waals surface area contributed by atoms with Crippen molar-refractivity contribution in [2.45, 2.75) is 0 Å². The number of nitrogens with zero attached hydrogens (tertiary/aromatic N) is 1. The van der Waals surface area contributed by atoms with Crippen LogP contribution in [0.25, 0.3) is 0 Å². The van der Waals surface area contributed by atoms with Gasteiger partial charge in [0.15, 0.2) is 17.2 Å². The zero-order valence-corrected chi connectivity index (χ0v) is 9.16. The van der Waals surface area contributed by atoms with Gasteiger partial charge in [0, 0.05) is 6.07 Å². The molecule has 0 radical (unpaired) electrons. The number of carboxylic acids is 1. The van der Waals surface area contributed by atoms with E-state index in [0.29, 0.717) is 10.4 Å². The maximum atomic E-state index is 10.8. The molecule has 1 heterocycles. The molecule has 0 saturated heterocycles. The van der Waals surface area contributed by atoms with E-state index < -0.39 is 5.97 Å². The highest BCUT2D eigenvalue weighted by atomic mass is 79.9. The van der Waals surface area contributed by atoms with Gasteiger partial charge in [-0.15, -0.1) is 0 Å². The second kappa shape index (κ2) is 4.28. The van der Waals surface area contributed by atoms with E-state index in [2.05, 4.69) is 20.9 Å². The number of methoxy groups -OCH3 is 2. The van der Waals surface area contributed by atoms with E-state index in [-0.39, 0.29) is 11.4 Å². The van der Waals surface area contributed by atoms with Gasteiger partial charge in [-0.25, -0.2) is 9.78 Å². The van der Waals surface area contributed by atoms with Gasteiger partial charge in [-0.2, -0.15) is 0 Å². The summed E-state index contributed by atoms with van der Waals surface area (Å²) in [5.74, 6) is -0.726. The van der Waals surface area contributed by atoms with Crippen LogP contribution in [0.1, 0.15) is 10.5 Å². The molecule has 1 aromatic rings. The Hall–Kier alpha value is -1.30. The summed E-state index contributed by atoms with van der Waals surface area (Å²) in [4.78, 5) is 14.5. The van der Waals surface area contributed by atoms with Crippen molar-refractivity contribution in [3.8, 4) is 11.5 Å². The number of aromatic carboxylic acids is 1. The van der Waals surface area contributed by atoms with Crippen LogP contribution >= 0.6 is 15.9 Å². The van der Waals surface area contributed by atoms with E-state index in [1.54, 1.807) is 0 Å². The highest BCUT2D eigenvalue weighted by Crippen LogP contribution is 2.32. The minimum Gasteiger partial charge on any atom is -0.493 e. The molecular formula is C8H8BrNO4. The lowest BCUT2D eigenvalue weighted by Gasteiger charge is -2.09. The molecule has 0 amide bonds. The highest BCUT2D eigenvalue weighted by molar-refractivity contribution is 9.10. The summed E-state index contributed by atoms with van der Waals surface area (Å²) >= 11 is 3.08. The third kappa shape index (κ3) is 1.95. The Kier molecular flexibility index (Phi) is 3.29. The predicted molar refractivity (Wildman–Crippen MR) is 52.0 cm³/mol. The third-order valence-corrected chi connectivity index (χ3v) is 1.94. The fraction of sp³-hybridized carbons (Fsp3) is 0.250. The Morgan fingerprint density at radius 2 is 2.14 bits per heavy atom. The number of ether oxygens (including phenoxy) is 2. The maximum Gasteiger partial charge on any atom is 0.358 e. The minimum absolute atomic E-state index is 0.114. The third-order valence-electron chi connectivity index (χ3n) is 1.53. The van der Waals surface area contributed by atoms with Crippen molar-refractivity contribution in [1.29, 1.82) is 0 Å². The van der Waals surface area contributed by atoms with Crippen molar-refractivity contribution < 1.29 is 19.4 Å². The molecular weight excluding hydrogens is 254 g/mol. The average Bonchev–Trinajstić information content (AvgIpc) is 2.16. The molecule has 1 N–H and O–H groups in total. The standard InChI is InChI=1S/C8H8BrNO4/c1-13-4-3-5(9)10-6(8(11)12)7(4)14-2/h3H,1-2H3,(H,11,12). The van der Waals surface area contributed by atoms with Crippen molar-refractivity contribution in [2.75, 3.05) is 14.2 Å². The summed E-state index contributed by atoms with van der Waals surface area (Å²) in [6, 6.07) is 1.53. The summed E-state index contributed by atoms with van der Waals surface area (Å²) in [5, 5.41) is 8.82. The van der Waals surface area contributed by atoms with Crippen LogP contribution in [-0.4, -0.2) is 30.3 Å². The minimum atomic E-state index is -1.17. The maximum absolute atomic E-state index is 10.8. The van der Waals surface area contributed by atoms with Crippen molar-refractivity contribution >= 4 is 21.9 Å². The largest absolute Gasteiger partial charge is 0.493 e. The fourth-order valence-electron chi connectivity index (χ4n) is 0.974. The lowest BCUT2D eigenvalue weighted by Crippen LogP contribution is -2.05. The molecule has 0 aliphatic rings. The first kappa shape index (κ1) is 10.8. The van der Waals surface area contributed by atoms with Gasteiger partial charge in [-0.3, -0.25) is 0 Å². The molecule has 0 saturated carbocycles. The highest BCUT2D eigenvalue weighted by Gasteiger charge is 2.18. The van der Waals surface area contributed by atoms with Gasteiger partial charge in [0.2, 0.25) is 0 Å². The summed E-state index contributed by atoms with van der Waals surface area (Å²) in [6.07, 6.45) is 0. The zero-order chi connectivity index (χ0) is 10.7. The van der Waals surface area contributed by atoms with Gasteiger partial charge in [0.1, 0.15) is 4.60 Å². The van der Waals surface area contributed by atoms with Gasteiger partial charge >= 0.3 is 5.97 Å². The Balaban J connectivity index is 3.39. The lowest BCUT2D eigenvalue weighted by molar-refractivity contribution is 0.0685. The number of rotatable bonds is 3. The molecule has 1 rings (SSSR count). The number of hydrogen-bond donors (Lipinski definition) is 1. The summed E-state index contributed by atoms with van der Waals surface area (Å²) in [5.41, 5.74) is -0.182. The number of halogens is 1. The Morgan fingerprint density at radius 1 is 1.50 bits per heavy atom. The van der Waals surface area contributed by atoms with E-state index in [0.717, 1.165) is 0 Å². The molecule has 0 fully saturated rings. The lowest BCUT2D eigenvalue weighted by atomic mass is 10.3. The molecule has 6 heteroatoms. The second-order valence-corrected chi connectivity index (χ2v) is 3.15. The fourth-order valence-corrected chi connectivity index (χ4v) is 1.36. The monoisotopic (exact) mass is 261 g/mol. The summed E-state index contributed by atoms with van der Waals surface area (Å²) in [6.45, 7) is 0. The first-order valence-corrected chi connectivity index (χ1v) is 4.41. The smallest absolute Gasteiger partial charge is 0.358 e. The van der Waals surface area contributed by atoms with Crippen LogP contribution in [0.5, 0.6) is 11.5 Å². The molecule has 0 atom stereocenters. The Bertz CT molecular complexity index is 367. The van der Waals surface area contributed by atoms with Crippen LogP contribution in [0, 0.1) is 0 Å². The van der Waals surface area contributed by atoms with Gasteiger partial charge in [-0.05, 0) is 15.9 Å². The molecule has 0 aliphatic heterocycles.